The number of anilines is 1. The molecule has 13 heavy (non-hydrogen) atoms. The fourth-order valence-corrected chi connectivity index (χ4v) is 1.16. The number of hydrogen-bond acceptors (Lipinski definition) is 3. The first-order valence-corrected chi connectivity index (χ1v) is 4.33. The summed E-state index contributed by atoms with van der Waals surface area (Å²) in [6, 6.07) is 4.13. The van der Waals surface area contributed by atoms with Crippen molar-refractivity contribution >= 4 is 11.7 Å². The first-order valence-electron chi connectivity index (χ1n) is 4.33. The summed E-state index contributed by atoms with van der Waals surface area (Å²) >= 11 is 0. The van der Waals surface area contributed by atoms with E-state index in [2.05, 4.69) is 10.3 Å². The van der Waals surface area contributed by atoms with Crippen molar-refractivity contribution < 1.29 is 0 Å². The van der Waals surface area contributed by atoms with Crippen LogP contribution in [0.5, 0.6) is 0 Å². The van der Waals surface area contributed by atoms with Gasteiger partial charge in [-0.3, -0.25) is 5.41 Å². The van der Waals surface area contributed by atoms with E-state index in [1.165, 1.54) is 12.8 Å². The molecule has 1 aromatic heterocycles. The maximum Gasteiger partial charge on any atom is 0.137 e. The van der Waals surface area contributed by atoms with Gasteiger partial charge in [0.15, 0.2) is 0 Å². The van der Waals surface area contributed by atoms with Gasteiger partial charge in [-0.2, -0.15) is 0 Å². The molecule has 4 N–H and O–H groups in total. The van der Waals surface area contributed by atoms with Gasteiger partial charge in [-0.15, -0.1) is 0 Å². The Morgan fingerprint density at radius 2 is 2.38 bits per heavy atom. The summed E-state index contributed by atoms with van der Waals surface area (Å²) < 4.78 is 0. The predicted molar refractivity (Wildman–Crippen MR) is 51.9 cm³/mol. The molecule has 1 aliphatic rings. The van der Waals surface area contributed by atoms with Gasteiger partial charge in [0, 0.05) is 12.2 Å². The standard InChI is InChI=1S/C9H12N4/c10-8(11)7-2-1-5-12-9(7)13-6-3-4-6/h1-2,5-6H,3-4H2,(H3,10,11)(H,12,13). The molecule has 0 bridgehead atoms. The molecule has 0 radical (unpaired) electrons. The van der Waals surface area contributed by atoms with Crippen LogP contribution in [0, 0.1) is 5.41 Å². The number of hydrogen-bond donors (Lipinski definition) is 3. The summed E-state index contributed by atoms with van der Waals surface area (Å²) in [5, 5.41) is 10.6. The lowest BCUT2D eigenvalue weighted by Gasteiger charge is -2.07. The molecule has 68 valence electrons. The molecule has 0 amide bonds. The number of amidine groups is 1. The van der Waals surface area contributed by atoms with E-state index in [0.717, 1.165) is 5.82 Å². The fraction of sp³-hybridized carbons (Fsp3) is 0.333. The molecule has 1 fully saturated rings. The molecule has 1 heterocycles. The van der Waals surface area contributed by atoms with Gasteiger partial charge < -0.3 is 11.1 Å². The summed E-state index contributed by atoms with van der Waals surface area (Å²) in [5.74, 6) is 0.800. The molecule has 1 saturated carbocycles. The molecular formula is C9H12N4. The summed E-state index contributed by atoms with van der Waals surface area (Å²) in [5.41, 5.74) is 6.10. The largest absolute Gasteiger partial charge is 0.384 e. The second-order valence-corrected chi connectivity index (χ2v) is 3.23. The third-order valence-electron chi connectivity index (χ3n) is 2.02. The lowest BCUT2D eigenvalue weighted by atomic mass is 10.2. The van der Waals surface area contributed by atoms with Gasteiger partial charge in [0.2, 0.25) is 0 Å². The number of pyridine rings is 1. The van der Waals surface area contributed by atoms with Crippen molar-refractivity contribution in [3.05, 3.63) is 23.9 Å². The smallest absolute Gasteiger partial charge is 0.137 e. The van der Waals surface area contributed by atoms with Gasteiger partial charge >= 0.3 is 0 Å². The Balaban J connectivity index is 2.25. The monoisotopic (exact) mass is 176 g/mol. The van der Waals surface area contributed by atoms with Crippen molar-refractivity contribution in [2.24, 2.45) is 5.73 Å². The molecule has 0 unspecified atom stereocenters. The lowest BCUT2D eigenvalue weighted by molar-refractivity contribution is 1.11. The number of rotatable bonds is 3. The molecule has 0 saturated heterocycles. The zero-order chi connectivity index (χ0) is 9.26. The highest BCUT2D eigenvalue weighted by atomic mass is 15.0. The minimum Gasteiger partial charge on any atom is -0.384 e. The van der Waals surface area contributed by atoms with Crippen LogP contribution in [0.3, 0.4) is 0 Å². The van der Waals surface area contributed by atoms with Crippen LogP contribution in [0.1, 0.15) is 18.4 Å². The lowest BCUT2D eigenvalue weighted by Crippen LogP contribution is -2.16. The molecule has 0 spiro atoms. The first kappa shape index (κ1) is 8.04. The SMILES string of the molecule is N=C(N)c1cccnc1NC1CC1. The van der Waals surface area contributed by atoms with E-state index in [1.54, 1.807) is 18.3 Å². The molecular weight excluding hydrogens is 164 g/mol. The maximum absolute atomic E-state index is 7.34. The number of nitrogen functional groups attached to an aromatic ring is 1. The van der Waals surface area contributed by atoms with Crippen LogP contribution >= 0.6 is 0 Å². The second kappa shape index (κ2) is 3.05. The minimum atomic E-state index is 0.0660. The van der Waals surface area contributed by atoms with Crippen LogP contribution in [-0.4, -0.2) is 16.9 Å². The Hall–Kier alpha value is -1.58. The molecule has 1 aliphatic carbocycles. The van der Waals surface area contributed by atoms with Crippen LogP contribution in [0.25, 0.3) is 0 Å². The third kappa shape index (κ3) is 1.77. The Bertz CT molecular complexity index is 330. The summed E-state index contributed by atoms with van der Waals surface area (Å²) in [7, 11) is 0. The number of nitrogens with zero attached hydrogens (tertiary/aromatic N) is 1. The molecule has 4 nitrogen and oxygen atoms in total. The van der Waals surface area contributed by atoms with Crippen molar-refractivity contribution in [1.29, 1.82) is 5.41 Å². The van der Waals surface area contributed by atoms with E-state index in [-0.39, 0.29) is 5.84 Å². The second-order valence-electron chi connectivity index (χ2n) is 3.23. The molecule has 0 atom stereocenters. The zero-order valence-corrected chi connectivity index (χ0v) is 7.25. The van der Waals surface area contributed by atoms with Crippen molar-refractivity contribution in [2.75, 3.05) is 5.32 Å². The highest BCUT2D eigenvalue weighted by molar-refractivity contribution is 5.99. The average Bonchev–Trinajstić information content (AvgIpc) is 2.89. The zero-order valence-electron chi connectivity index (χ0n) is 7.25. The third-order valence-corrected chi connectivity index (χ3v) is 2.02. The number of aromatic nitrogens is 1. The quantitative estimate of drug-likeness (QED) is 0.474. The molecule has 0 aliphatic heterocycles. The molecule has 2 rings (SSSR count). The summed E-state index contributed by atoms with van der Waals surface area (Å²) in [6.07, 6.45) is 4.08. The summed E-state index contributed by atoms with van der Waals surface area (Å²) in [6.45, 7) is 0. The van der Waals surface area contributed by atoms with Crippen LogP contribution in [0.15, 0.2) is 18.3 Å². The van der Waals surface area contributed by atoms with E-state index in [0.29, 0.717) is 11.6 Å². The molecule has 1 aromatic rings. The number of nitrogens with one attached hydrogen (secondary N) is 2. The molecule has 4 heteroatoms. The van der Waals surface area contributed by atoms with Gasteiger partial charge in [-0.25, -0.2) is 4.98 Å². The molecule has 0 aromatic carbocycles. The van der Waals surface area contributed by atoms with Gasteiger partial charge in [0.1, 0.15) is 11.7 Å². The van der Waals surface area contributed by atoms with Crippen LogP contribution in [-0.2, 0) is 0 Å². The Labute approximate surface area is 76.7 Å². The topological polar surface area (TPSA) is 74.8 Å². The maximum atomic E-state index is 7.34. The van der Waals surface area contributed by atoms with E-state index in [1.807, 2.05) is 0 Å². The Morgan fingerprint density at radius 1 is 1.62 bits per heavy atom. The Kier molecular flexibility index (Phi) is 1.88. The van der Waals surface area contributed by atoms with Crippen LogP contribution in [0.4, 0.5) is 5.82 Å². The van der Waals surface area contributed by atoms with Gasteiger partial charge in [-0.1, -0.05) is 0 Å². The van der Waals surface area contributed by atoms with Crippen molar-refractivity contribution in [3.8, 4) is 0 Å². The first-order chi connectivity index (χ1) is 6.27. The minimum absolute atomic E-state index is 0.0660. The van der Waals surface area contributed by atoms with Gasteiger partial charge in [-0.05, 0) is 25.0 Å². The van der Waals surface area contributed by atoms with Gasteiger partial charge in [0.05, 0.1) is 5.56 Å². The van der Waals surface area contributed by atoms with Crippen molar-refractivity contribution in [3.63, 3.8) is 0 Å². The highest BCUT2D eigenvalue weighted by Gasteiger charge is 2.22. The van der Waals surface area contributed by atoms with Crippen molar-refractivity contribution in [1.82, 2.24) is 4.98 Å². The normalized spacial score (nSPS) is 15.4. The number of nitrogens with two attached hydrogens (primary N) is 1. The van der Waals surface area contributed by atoms with E-state index in [4.69, 9.17) is 11.1 Å². The van der Waals surface area contributed by atoms with Gasteiger partial charge in [0.25, 0.3) is 0 Å². The fourth-order valence-electron chi connectivity index (χ4n) is 1.16. The van der Waals surface area contributed by atoms with Crippen LogP contribution in [0.2, 0.25) is 0 Å². The van der Waals surface area contributed by atoms with Crippen molar-refractivity contribution in [2.45, 2.75) is 18.9 Å². The highest BCUT2D eigenvalue weighted by Crippen LogP contribution is 2.24. The van der Waals surface area contributed by atoms with E-state index < -0.39 is 0 Å². The van der Waals surface area contributed by atoms with Crippen LogP contribution < -0.4 is 11.1 Å². The summed E-state index contributed by atoms with van der Waals surface area (Å²) in [4.78, 5) is 4.15. The van der Waals surface area contributed by atoms with E-state index in [9.17, 15) is 0 Å². The predicted octanol–water partition coefficient (Wildman–Crippen LogP) is 0.940. The average molecular weight is 176 g/mol. The Morgan fingerprint density at radius 3 is 3.00 bits per heavy atom. The van der Waals surface area contributed by atoms with E-state index >= 15 is 0 Å².